The molecule has 16 heavy (non-hydrogen) atoms. The lowest BCUT2D eigenvalue weighted by Crippen LogP contribution is -2.00. The number of carbonyl (C=O) groups is 1. The third-order valence-electron chi connectivity index (χ3n) is 2.42. The fourth-order valence-electron chi connectivity index (χ4n) is 1.44. The highest BCUT2D eigenvalue weighted by molar-refractivity contribution is 5.65. The fourth-order valence-corrected chi connectivity index (χ4v) is 1.44. The van der Waals surface area contributed by atoms with Gasteiger partial charge in [0.15, 0.2) is 11.5 Å². The van der Waals surface area contributed by atoms with Crippen LogP contribution in [0.3, 0.4) is 0 Å². The third-order valence-corrected chi connectivity index (χ3v) is 2.42. The minimum Gasteiger partial charge on any atom is -0.493 e. The second-order valence-electron chi connectivity index (χ2n) is 3.38. The summed E-state index contributed by atoms with van der Waals surface area (Å²) in [5.41, 5.74) is 0.838. The second kappa shape index (κ2) is 5.39. The summed E-state index contributed by atoms with van der Waals surface area (Å²) in [6.45, 7) is 1.81. The molecule has 0 bridgehead atoms. The van der Waals surface area contributed by atoms with E-state index in [4.69, 9.17) is 14.2 Å². The third kappa shape index (κ3) is 2.27. The first-order valence-electron chi connectivity index (χ1n) is 4.93. The molecule has 4 heteroatoms. The van der Waals surface area contributed by atoms with Crippen LogP contribution in [0.15, 0.2) is 12.1 Å². The Morgan fingerprint density at radius 3 is 1.88 bits per heavy atom. The van der Waals surface area contributed by atoms with E-state index < -0.39 is 0 Å². The van der Waals surface area contributed by atoms with Gasteiger partial charge in [0.05, 0.1) is 21.3 Å². The Balaban J connectivity index is 3.30. The van der Waals surface area contributed by atoms with E-state index in [1.807, 2.05) is 6.92 Å². The molecule has 0 aromatic heterocycles. The first-order valence-corrected chi connectivity index (χ1v) is 4.93. The van der Waals surface area contributed by atoms with Gasteiger partial charge in [-0.3, -0.25) is 0 Å². The van der Waals surface area contributed by atoms with E-state index in [1.165, 1.54) is 0 Å². The smallest absolute Gasteiger partial charge is 0.203 e. The van der Waals surface area contributed by atoms with Crippen LogP contribution < -0.4 is 14.2 Å². The van der Waals surface area contributed by atoms with Gasteiger partial charge in [-0.15, -0.1) is 0 Å². The van der Waals surface area contributed by atoms with Crippen molar-refractivity contribution in [1.29, 1.82) is 0 Å². The molecule has 1 atom stereocenters. The number of aldehydes is 1. The van der Waals surface area contributed by atoms with Crippen molar-refractivity contribution in [3.8, 4) is 17.2 Å². The average molecular weight is 224 g/mol. The van der Waals surface area contributed by atoms with E-state index in [0.29, 0.717) is 17.2 Å². The summed E-state index contributed by atoms with van der Waals surface area (Å²) in [6.07, 6.45) is 0.876. The normalized spacial score (nSPS) is 11.8. The molecule has 1 unspecified atom stereocenters. The summed E-state index contributed by atoms with van der Waals surface area (Å²) in [6, 6.07) is 3.56. The maximum atomic E-state index is 10.7. The molecule has 1 aromatic carbocycles. The molecule has 0 aliphatic rings. The van der Waals surface area contributed by atoms with E-state index in [1.54, 1.807) is 33.5 Å². The molecule has 0 fully saturated rings. The van der Waals surface area contributed by atoms with E-state index in [2.05, 4.69) is 0 Å². The average Bonchev–Trinajstić information content (AvgIpc) is 2.35. The SMILES string of the molecule is COc1cc(C(C)C=O)cc(OC)c1OC. The Morgan fingerprint density at radius 2 is 1.56 bits per heavy atom. The van der Waals surface area contributed by atoms with Crippen molar-refractivity contribution < 1.29 is 19.0 Å². The minimum absolute atomic E-state index is 0.200. The van der Waals surface area contributed by atoms with Gasteiger partial charge < -0.3 is 19.0 Å². The van der Waals surface area contributed by atoms with Crippen molar-refractivity contribution in [1.82, 2.24) is 0 Å². The summed E-state index contributed by atoms with van der Waals surface area (Å²) in [4.78, 5) is 10.7. The number of ether oxygens (including phenoxy) is 3. The molecule has 0 aliphatic carbocycles. The van der Waals surface area contributed by atoms with E-state index in [0.717, 1.165) is 11.8 Å². The summed E-state index contributed by atoms with van der Waals surface area (Å²) >= 11 is 0. The van der Waals surface area contributed by atoms with Crippen molar-refractivity contribution in [3.63, 3.8) is 0 Å². The molecule has 0 radical (unpaired) electrons. The van der Waals surface area contributed by atoms with Crippen LogP contribution in [-0.2, 0) is 4.79 Å². The van der Waals surface area contributed by atoms with Gasteiger partial charge >= 0.3 is 0 Å². The lowest BCUT2D eigenvalue weighted by Gasteiger charge is -2.15. The van der Waals surface area contributed by atoms with Crippen LogP contribution in [0.2, 0.25) is 0 Å². The van der Waals surface area contributed by atoms with Gasteiger partial charge in [0.25, 0.3) is 0 Å². The highest BCUT2D eigenvalue weighted by Gasteiger charge is 2.15. The molecular weight excluding hydrogens is 208 g/mol. The molecule has 4 nitrogen and oxygen atoms in total. The molecule has 1 rings (SSSR count). The van der Waals surface area contributed by atoms with Crippen LogP contribution >= 0.6 is 0 Å². The summed E-state index contributed by atoms with van der Waals surface area (Å²) in [5.74, 6) is 1.46. The van der Waals surface area contributed by atoms with E-state index in [-0.39, 0.29) is 5.92 Å². The number of benzene rings is 1. The number of hydrogen-bond donors (Lipinski definition) is 0. The number of hydrogen-bond acceptors (Lipinski definition) is 4. The minimum atomic E-state index is -0.200. The predicted octanol–water partition coefficient (Wildman–Crippen LogP) is 2.01. The molecule has 0 saturated carbocycles. The zero-order chi connectivity index (χ0) is 12.1. The summed E-state index contributed by atoms with van der Waals surface area (Å²) < 4.78 is 15.6. The largest absolute Gasteiger partial charge is 0.493 e. The Morgan fingerprint density at radius 1 is 1.06 bits per heavy atom. The van der Waals surface area contributed by atoms with Gasteiger partial charge in [-0.1, -0.05) is 6.92 Å². The molecule has 0 aliphatic heterocycles. The highest BCUT2D eigenvalue weighted by Crippen LogP contribution is 2.39. The Hall–Kier alpha value is -1.71. The van der Waals surface area contributed by atoms with Crippen molar-refractivity contribution >= 4 is 6.29 Å². The molecule has 0 N–H and O–H groups in total. The maximum absolute atomic E-state index is 10.7. The topological polar surface area (TPSA) is 44.8 Å². The summed E-state index contributed by atoms with van der Waals surface area (Å²) in [7, 11) is 4.64. The van der Waals surface area contributed by atoms with Crippen molar-refractivity contribution in [2.45, 2.75) is 12.8 Å². The van der Waals surface area contributed by atoms with Gasteiger partial charge in [-0.05, 0) is 17.7 Å². The van der Waals surface area contributed by atoms with Gasteiger partial charge in [0, 0.05) is 5.92 Å². The molecule has 0 heterocycles. The Labute approximate surface area is 95.1 Å². The Bertz CT molecular complexity index is 348. The van der Waals surface area contributed by atoms with E-state index in [9.17, 15) is 4.79 Å². The van der Waals surface area contributed by atoms with Gasteiger partial charge in [-0.25, -0.2) is 0 Å². The standard InChI is InChI=1S/C12H16O4/c1-8(7-13)9-5-10(14-2)12(16-4)11(6-9)15-3/h5-8H,1-4H3. The van der Waals surface area contributed by atoms with Gasteiger partial charge in [0.1, 0.15) is 6.29 Å². The molecular formula is C12H16O4. The quantitative estimate of drug-likeness (QED) is 0.718. The first-order chi connectivity index (χ1) is 7.67. The Kier molecular flexibility index (Phi) is 4.17. The maximum Gasteiger partial charge on any atom is 0.203 e. The second-order valence-corrected chi connectivity index (χ2v) is 3.38. The zero-order valence-corrected chi connectivity index (χ0v) is 9.94. The van der Waals surface area contributed by atoms with Crippen molar-refractivity contribution in [3.05, 3.63) is 17.7 Å². The van der Waals surface area contributed by atoms with Crippen LogP contribution in [0.1, 0.15) is 18.4 Å². The molecule has 0 saturated heterocycles. The highest BCUT2D eigenvalue weighted by atomic mass is 16.5. The number of carbonyl (C=O) groups excluding carboxylic acids is 1. The van der Waals surface area contributed by atoms with Crippen LogP contribution in [-0.4, -0.2) is 27.6 Å². The van der Waals surface area contributed by atoms with Gasteiger partial charge in [-0.2, -0.15) is 0 Å². The fraction of sp³-hybridized carbons (Fsp3) is 0.417. The van der Waals surface area contributed by atoms with Crippen LogP contribution in [0.4, 0.5) is 0 Å². The predicted molar refractivity (Wildman–Crippen MR) is 60.6 cm³/mol. The van der Waals surface area contributed by atoms with Crippen LogP contribution in [0, 0.1) is 0 Å². The lowest BCUT2D eigenvalue weighted by atomic mass is 10.0. The van der Waals surface area contributed by atoms with Crippen LogP contribution in [0.5, 0.6) is 17.2 Å². The monoisotopic (exact) mass is 224 g/mol. The number of methoxy groups -OCH3 is 3. The number of rotatable bonds is 5. The lowest BCUT2D eigenvalue weighted by molar-refractivity contribution is -0.108. The van der Waals surface area contributed by atoms with E-state index >= 15 is 0 Å². The summed E-state index contributed by atoms with van der Waals surface area (Å²) in [5, 5.41) is 0. The molecule has 0 amide bonds. The molecule has 88 valence electrons. The van der Waals surface area contributed by atoms with Crippen LogP contribution in [0.25, 0.3) is 0 Å². The van der Waals surface area contributed by atoms with Crippen molar-refractivity contribution in [2.75, 3.05) is 21.3 Å². The van der Waals surface area contributed by atoms with Crippen molar-refractivity contribution in [2.24, 2.45) is 0 Å². The molecule has 0 spiro atoms. The molecule has 1 aromatic rings. The van der Waals surface area contributed by atoms with Gasteiger partial charge in [0.2, 0.25) is 5.75 Å². The first kappa shape index (κ1) is 12.4. The zero-order valence-electron chi connectivity index (χ0n) is 9.94.